The van der Waals surface area contributed by atoms with E-state index in [0.717, 1.165) is 13.1 Å². The third-order valence-corrected chi connectivity index (χ3v) is 3.53. The minimum Gasteiger partial charge on any atom is -0.289 e. The largest absolute Gasteiger partial charge is 0.289 e. The van der Waals surface area contributed by atoms with Crippen LogP contribution in [0.5, 0.6) is 0 Å². The van der Waals surface area contributed by atoms with Crippen LogP contribution in [0.1, 0.15) is 18.1 Å². The average molecular weight is 286 g/mol. The molecule has 0 aliphatic heterocycles. The molecule has 20 heavy (non-hydrogen) atoms. The molecular formula is C18H20ClN. The SMILES string of the molecule is C[C@@H](/C=C/Cl)N(Cc1ccccc1)Cc1ccccc1. The smallest absolute Gasteiger partial charge is 0.0268 e. The first kappa shape index (κ1) is 14.8. The third-order valence-electron chi connectivity index (χ3n) is 3.38. The normalized spacial score (nSPS) is 12.9. The summed E-state index contributed by atoms with van der Waals surface area (Å²) in [6.07, 6.45) is 2.02. The van der Waals surface area contributed by atoms with Gasteiger partial charge in [0.2, 0.25) is 0 Å². The predicted molar refractivity (Wildman–Crippen MR) is 86.6 cm³/mol. The minimum absolute atomic E-state index is 0.299. The Morgan fingerprint density at radius 2 is 1.35 bits per heavy atom. The summed E-state index contributed by atoms with van der Waals surface area (Å²) in [6.45, 7) is 4.00. The van der Waals surface area contributed by atoms with Crippen molar-refractivity contribution in [1.29, 1.82) is 0 Å². The van der Waals surface area contributed by atoms with E-state index in [4.69, 9.17) is 11.6 Å². The van der Waals surface area contributed by atoms with Gasteiger partial charge < -0.3 is 0 Å². The molecular weight excluding hydrogens is 266 g/mol. The molecule has 0 bridgehead atoms. The molecule has 0 aromatic heterocycles. The van der Waals surface area contributed by atoms with Crippen molar-refractivity contribution in [2.45, 2.75) is 26.1 Å². The van der Waals surface area contributed by atoms with Gasteiger partial charge in [-0.3, -0.25) is 4.90 Å². The second-order valence-corrected chi connectivity index (χ2v) is 5.19. The lowest BCUT2D eigenvalue weighted by atomic mass is 10.1. The van der Waals surface area contributed by atoms with E-state index < -0.39 is 0 Å². The van der Waals surface area contributed by atoms with Gasteiger partial charge in [-0.05, 0) is 18.1 Å². The molecule has 0 N–H and O–H groups in total. The Morgan fingerprint density at radius 3 is 1.75 bits per heavy atom. The lowest BCUT2D eigenvalue weighted by Gasteiger charge is -2.27. The molecule has 0 radical (unpaired) electrons. The molecule has 0 amide bonds. The third kappa shape index (κ3) is 4.52. The molecule has 2 aromatic carbocycles. The molecule has 2 aromatic rings. The van der Waals surface area contributed by atoms with Gasteiger partial charge in [-0.15, -0.1) is 0 Å². The fourth-order valence-electron chi connectivity index (χ4n) is 2.21. The van der Waals surface area contributed by atoms with Crippen molar-refractivity contribution in [2.75, 3.05) is 0 Å². The molecule has 0 aliphatic rings. The Morgan fingerprint density at radius 1 is 0.900 bits per heavy atom. The van der Waals surface area contributed by atoms with Gasteiger partial charge in [0.05, 0.1) is 0 Å². The fourth-order valence-corrected chi connectivity index (χ4v) is 2.42. The zero-order chi connectivity index (χ0) is 14.2. The second kappa shape index (κ2) is 7.88. The van der Waals surface area contributed by atoms with E-state index in [0.29, 0.717) is 6.04 Å². The molecule has 0 fully saturated rings. The van der Waals surface area contributed by atoms with Crippen molar-refractivity contribution in [3.63, 3.8) is 0 Å². The summed E-state index contributed by atoms with van der Waals surface area (Å²) in [6, 6.07) is 21.4. The van der Waals surface area contributed by atoms with E-state index in [1.807, 2.05) is 18.2 Å². The van der Waals surface area contributed by atoms with Gasteiger partial charge in [0, 0.05) is 24.7 Å². The summed E-state index contributed by atoms with van der Waals surface area (Å²) >= 11 is 5.74. The molecule has 2 rings (SSSR count). The van der Waals surface area contributed by atoms with E-state index in [1.54, 1.807) is 5.54 Å². The van der Waals surface area contributed by atoms with Crippen LogP contribution in [0.4, 0.5) is 0 Å². The molecule has 0 unspecified atom stereocenters. The minimum atomic E-state index is 0.299. The van der Waals surface area contributed by atoms with Gasteiger partial charge in [-0.1, -0.05) is 78.3 Å². The summed E-state index contributed by atoms with van der Waals surface area (Å²) in [5, 5.41) is 0. The first-order valence-electron chi connectivity index (χ1n) is 6.88. The average Bonchev–Trinajstić information content (AvgIpc) is 2.49. The van der Waals surface area contributed by atoms with E-state index in [-0.39, 0.29) is 0 Å². The zero-order valence-corrected chi connectivity index (χ0v) is 12.5. The summed E-state index contributed by atoms with van der Waals surface area (Å²) < 4.78 is 0. The number of rotatable bonds is 6. The highest BCUT2D eigenvalue weighted by atomic mass is 35.5. The first-order valence-corrected chi connectivity index (χ1v) is 7.32. The van der Waals surface area contributed by atoms with E-state index in [2.05, 4.69) is 60.4 Å². The fraction of sp³-hybridized carbons (Fsp3) is 0.222. The summed E-state index contributed by atoms with van der Waals surface area (Å²) in [7, 11) is 0. The number of hydrogen-bond acceptors (Lipinski definition) is 1. The molecule has 0 spiro atoms. The van der Waals surface area contributed by atoms with Crippen molar-refractivity contribution in [1.82, 2.24) is 4.90 Å². The highest BCUT2D eigenvalue weighted by Crippen LogP contribution is 2.14. The van der Waals surface area contributed by atoms with Gasteiger partial charge >= 0.3 is 0 Å². The Hall–Kier alpha value is -1.57. The van der Waals surface area contributed by atoms with Gasteiger partial charge in [-0.2, -0.15) is 0 Å². The lowest BCUT2D eigenvalue weighted by Crippen LogP contribution is -2.30. The Bertz CT molecular complexity index is 480. The number of halogens is 1. The Balaban J connectivity index is 2.12. The molecule has 0 heterocycles. The molecule has 2 heteroatoms. The van der Waals surface area contributed by atoms with Crippen LogP contribution in [0.25, 0.3) is 0 Å². The highest BCUT2D eigenvalue weighted by Gasteiger charge is 2.12. The van der Waals surface area contributed by atoms with Crippen LogP contribution < -0.4 is 0 Å². The number of hydrogen-bond donors (Lipinski definition) is 0. The van der Waals surface area contributed by atoms with E-state index in [1.165, 1.54) is 11.1 Å². The molecule has 0 aliphatic carbocycles. The van der Waals surface area contributed by atoms with E-state index >= 15 is 0 Å². The predicted octanol–water partition coefficient (Wildman–Crippen LogP) is 4.83. The second-order valence-electron chi connectivity index (χ2n) is 4.94. The van der Waals surface area contributed by atoms with Gasteiger partial charge in [0.25, 0.3) is 0 Å². The topological polar surface area (TPSA) is 3.24 Å². The van der Waals surface area contributed by atoms with E-state index in [9.17, 15) is 0 Å². The maximum absolute atomic E-state index is 5.74. The molecule has 104 valence electrons. The van der Waals surface area contributed by atoms with Crippen molar-refractivity contribution >= 4 is 11.6 Å². The first-order chi connectivity index (χ1) is 9.79. The molecule has 1 atom stereocenters. The van der Waals surface area contributed by atoms with Gasteiger partial charge in [-0.25, -0.2) is 0 Å². The van der Waals surface area contributed by atoms with Crippen LogP contribution >= 0.6 is 11.6 Å². The van der Waals surface area contributed by atoms with Crippen LogP contribution in [0.2, 0.25) is 0 Å². The van der Waals surface area contributed by atoms with Crippen molar-refractivity contribution in [3.8, 4) is 0 Å². The lowest BCUT2D eigenvalue weighted by molar-refractivity contribution is 0.223. The van der Waals surface area contributed by atoms with Crippen LogP contribution in [0, 0.1) is 0 Å². The quantitative estimate of drug-likeness (QED) is 0.735. The van der Waals surface area contributed by atoms with Gasteiger partial charge in [0.15, 0.2) is 0 Å². The Labute approximate surface area is 126 Å². The van der Waals surface area contributed by atoms with Crippen molar-refractivity contribution in [3.05, 3.63) is 83.4 Å². The van der Waals surface area contributed by atoms with Gasteiger partial charge in [0.1, 0.15) is 0 Å². The summed E-state index contributed by atoms with van der Waals surface area (Å²) in [5.74, 6) is 0. The van der Waals surface area contributed by atoms with Crippen LogP contribution in [-0.4, -0.2) is 10.9 Å². The van der Waals surface area contributed by atoms with Crippen LogP contribution in [0.3, 0.4) is 0 Å². The van der Waals surface area contributed by atoms with Crippen LogP contribution in [0.15, 0.2) is 72.3 Å². The van der Waals surface area contributed by atoms with Crippen molar-refractivity contribution in [2.24, 2.45) is 0 Å². The standard InChI is InChI=1S/C18H20ClN/c1-16(12-13-19)20(14-17-8-4-2-5-9-17)15-18-10-6-3-7-11-18/h2-13,16H,14-15H2,1H3/b13-12+/t16-/m0/s1. The maximum Gasteiger partial charge on any atom is 0.0268 e. The zero-order valence-electron chi connectivity index (χ0n) is 11.7. The monoisotopic (exact) mass is 285 g/mol. The number of benzene rings is 2. The van der Waals surface area contributed by atoms with Crippen LogP contribution in [-0.2, 0) is 13.1 Å². The number of nitrogens with zero attached hydrogens (tertiary/aromatic N) is 1. The molecule has 0 saturated carbocycles. The summed E-state index contributed by atoms with van der Waals surface area (Å²) in [5.41, 5.74) is 4.24. The summed E-state index contributed by atoms with van der Waals surface area (Å²) in [4.78, 5) is 2.41. The van der Waals surface area contributed by atoms with Crippen molar-refractivity contribution < 1.29 is 0 Å². The maximum atomic E-state index is 5.74. The molecule has 0 saturated heterocycles. The molecule has 1 nitrogen and oxygen atoms in total. The Kier molecular flexibility index (Phi) is 5.85. The highest BCUT2D eigenvalue weighted by molar-refractivity contribution is 6.25.